The van der Waals surface area contributed by atoms with E-state index in [1.165, 1.54) is 32.1 Å². The number of oxazole rings is 1. The first-order valence-corrected chi connectivity index (χ1v) is 7.92. The van der Waals surface area contributed by atoms with Crippen LogP contribution in [0.2, 0.25) is 0 Å². The van der Waals surface area contributed by atoms with Crippen molar-refractivity contribution in [1.29, 1.82) is 0 Å². The molecule has 1 fully saturated rings. The molecule has 1 N–H and O–H groups in total. The van der Waals surface area contributed by atoms with E-state index in [-0.39, 0.29) is 6.10 Å². The van der Waals surface area contributed by atoms with E-state index < -0.39 is 0 Å². The summed E-state index contributed by atoms with van der Waals surface area (Å²) in [6, 6.07) is 0.579. The largest absolute Gasteiger partial charge is 0.448 e. The van der Waals surface area contributed by atoms with Gasteiger partial charge in [0, 0.05) is 25.0 Å². The molecule has 4 heteroatoms. The minimum absolute atomic E-state index is 0.300. The number of nitrogens with zero attached hydrogens (tertiary/aromatic N) is 2. The first-order valence-electron chi connectivity index (χ1n) is 7.92. The fraction of sp³-hybridized carbons (Fsp3) is 0.812. The highest BCUT2D eigenvalue weighted by Crippen LogP contribution is 2.26. The first-order chi connectivity index (χ1) is 9.58. The molecule has 1 aliphatic rings. The van der Waals surface area contributed by atoms with Gasteiger partial charge in [-0.3, -0.25) is 4.90 Å². The monoisotopic (exact) mass is 280 g/mol. The maximum atomic E-state index is 9.78. The van der Waals surface area contributed by atoms with Crippen LogP contribution < -0.4 is 0 Å². The molecule has 1 aromatic rings. The molecule has 0 bridgehead atoms. The normalized spacial score (nSPS) is 18.9. The molecule has 114 valence electrons. The molecule has 0 spiro atoms. The Bertz CT molecular complexity index is 395. The van der Waals surface area contributed by atoms with Gasteiger partial charge in [0.1, 0.15) is 5.76 Å². The van der Waals surface area contributed by atoms with Gasteiger partial charge in [-0.1, -0.05) is 33.1 Å². The SMILES string of the molecule is CC(O)CN(Cc1ncoc1C(C)C)C1CCCCC1. The Hall–Kier alpha value is -0.870. The molecule has 1 aliphatic carbocycles. The molecular weight excluding hydrogens is 252 g/mol. The third-order valence-electron chi connectivity index (χ3n) is 4.14. The van der Waals surface area contributed by atoms with Crippen molar-refractivity contribution in [2.75, 3.05) is 6.54 Å². The first kappa shape index (κ1) is 15.5. The Labute approximate surface area is 122 Å². The van der Waals surface area contributed by atoms with Crippen LogP contribution in [0.15, 0.2) is 10.8 Å². The van der Waals surface area contributed by atoms with Crippen molar-refractivity contribution in [2.24, 2.45) is 0 Å². The van der Waals surface area contributed by atoms with E-state index in [0.717, 1.165) is 24.5 Å². The topological polar surface area (TPSA) is 49.5 Å². The van der Waals surface area contributed by atoms with Gasteiger partial charge in [-0.2, -0.15) is 0 Å². The van der Waals surface area contributed by atoms with Gasteiger partial charge in [-0.25, -0.2) is 4.98 Å². The van der Waals surface area contributed by atoms with Crippen LogP contribution in [0.4, 0.5) is 0 Å². The van der Waals surface area contributed by atoms with E-state index in [1.807, 2.05) is 6.92 Å². The van der Waals surface area contributed by atoms with Gasteiger partial charge in [0.2, 0.25) is 0 Å². The molecule has 0 aromatic carbocycles. The van der Waals surface area contributed by atoms with E-state index in [0.29, 0.717) is 12.0 Å². The fourth-order valence-electron chi connectivity index (χ4n) is 3.19. The maximum absolute atomic E-state index is 9.78. The highest BCUT2D eigenvalue weighted by Gasteiger charge is 2.24. The lowest BCUT2D eigenvalue weighted by molar-refractivity contribution is 0.0756. The van der Waals surface area contributed by atoms with Crippen LogP contribution in [-0.2, 0) is 6.54 Å². The van der Waals surface area contributed by atoms with Gasteiger partial charge in [0.15, 0.2) is 6.39 Å². The summed E-state index contributed by atoms with van der Waals surface area (Å²) in [5.41, 5.74) is 1.03. The predicted molar refractivity (Wildman–Crippen MR) is 79.6 cm³/mol. The van der Waals surface area contributed by atoms with Gasteiger partial charge < -0.3 is 9.52 Å². The van der Waals surface area contributed by atoms with Crippen molar-refractivity contribution in [3.8, 4) is 0 Å². The summed E-state index contributed by atoms with van der Waals surface area (Å²) < 4.78 is 5.52. The van der Waals surface area contributed by atoms with Gasteiger partial charge >= 0.3 is 0 Å². The Morgan fingerprint density at radius 3 is 2.60 bits per heavy atom. The zero-order valence-corrected chi connectivity index (χ0v) is 13.0. The molecule has 20 heavy (non-hydrogen) atoms. The Balaban J connectivity index is 2.08. The number of aliphatic hydroxyl groups excluding tert-OH is 1. The fourth-order valence-corrected chi connectivity index (χ4v) is 3.19. The molecule has 0 radical (unpaired) electrons. The molecule has 1 aromatic heterocycles. The van der Waals surface area contributed by atoms with Gasteiger partial charge in [-0.15, -0.1) is 0 Å². The van der Waals surface area contributed by atoms with Crippen LogP contribution >= 0.6 is 0 Å². The minimum Gasteiger partial charge on any atom is -0.448 e. The van der Waals surface area contributed by atoms with Crippen LogP contribution in [-0.4, -0.2) is 33.7 Å². The summed E-state index contributed by atoms with van der Waals surface area (Å²) in [7, 11) is 0. The summed E-state index contributed by atoms with van der Waals surface area (Å²) in [6.45, 7) is 7.63. The third kappa shape index (κ3) is 4.06. The highest BCUT2D eigenvalue weighted by molar-refractivity contribution is 5.11. The highest BCUT2D eigenvalue weighted by atomic mass is 16.3. The van der Waals surface area contributed by atoms with Gasteiger partial charge in [-0.05, 0) is 19.8 Å². The molecule has 1 saturated carbocycles. The Morgan fingerprint density at radius 1 is 1.30 bits per heavy atom. The van der Waals surface area contributed by atoms with E-state index in [9.17, 15) is 5.11 Å². The number of hydrogen-bond acceptors (Lipinski definition) is 4. The van der Waals surface area contributed by atoms with Crippen LogP contribution in [0.25, 0.3) is 0 Å². The van der Waals surface area contributed by atoms with Crippen molar-refractivity contribution in [3.63, 3.8) is 0 Å². The number of hydrogen-bond donors (Lipinski definition) is 1. The Kier molecular flexibility index (Phi) is 5.61. The van der Waals surface area contributed by atoms with Crippen LogP contribution in [0.1, 0.15) is 70.2 Å². The molecule has 1 atom stereocenters. The van der Waals surface area contributed by atoms with Gasteiger partial charge in [0.05, 0.1) is 11.8 Å². The van der Waals surface area contributed by atoms with Gasteiger partial charge in [0.25, 0.3) is 0 Å². The molecule has 1 unspecified atom stereocenters. The second kappa shape index (κ2) is 7.23. The quantitative estimate of drug-likeness (QED) is 0.868. The van der Waals surface area contributed by atoms with Crippen molar-refractivity contribution in [2.45, 2.75) is 77.5 Å². The van der Waals surface area contributed by atoms with Crippen molar-refractivity contribution < 1.29 is 9.52 Å². The number of aromatic nitrogens is 1. The van der Waals surface area contributed by atoms with Crippen LogP contribution in [0.5, 0.6) is 0 Å². The summed E-state index contributed by atoms with van der Waals surface area (Å²) >= 11 is 0. The molecule has 0 saturated heterocycles. The van der Waals surface area contributed by atoms with Crippen molar-refractivity contribution in [1.82, 2.24) is 9.88 Å². The lowest BCUT2D eigenvalue weighted by atomic mass is 9.93. The second-order valence-corrected chi connectivity index (χ2v) is 6.39. The average molecular weight is 280 g/mol. The van der Waals surface area contributed by atoms with E-state index in [2.05, 4.69) is 23.7 Å². The van der Waals surface area contributed by atoms with Crippen LogP contribution in [0, 0.1) is 0 Å². The lowest BCUT2D eigenvalue weighted by Gasteiger charge is -2.34. The zero-order valence-electron chi connectivity index (χ0n) is 13.0. The standard InChI is InChI=1S/C16H28N2O2/c1-12(2)16-15(17-11-20-16)10-18(9-13(3)19)14-7-5-4-6-8-14/h11-14,19H,4-10H2,1-3H3. The predicted octanol–water partition coefficient (Wildman–Crippen LogP) is 3.31. The Morgan fingerprint density at radius 2 is 2.00 bits per heavy atom. The molecule has 1 heterocycles. The summed E-state index contributed by atoms with van der Waals surface area (Å²) in [4.78, 5) is 6.79. The molecular formula is C16H28N2O2. The van der Waals surface area contributed by atoms with Crippen molar-refractivity contribution in [3.05, 3.63) is 17.8 Å². The minimum atomic E-state index is -0.300. The van der Waals surface area contributed by atoms with E-state index in [1.54, 1.807) is 6.39 Å². The molecule has 2 rings (SSSR count). The number of rotatable bonds is 6. The molecule has 0 amide bonds. The third-order valence-corrected chi connectivity index (χ3v) is 4.14. The van der Waals surface area contributed by atoms with Crippen LogP contribution in [0.3, 0.4) is 0 Å². The number of aliphatic hydroxyl groups is 1. The van der Waals surface area contributed by atoms with E-state index in [4.69, 9.17) is 4.42 Å². The van der Waals surface area contributed by atoms with Crippen molar-refractivity contribution >= 4 is 0 Å². The second-order valence-electron chi connectivity index (χ2n) is 6.39. The smallest absolute Gasteiger partial charge is 0.181 e. The summed E-state index contributed by atoms with van der Waals surface area (Å²) in [6.07, 6.45) is 7.68. The zero-order chi connectivity index (χ0) is 14.5. The van der Waals surface area contributed by atoms with E-state index >= 15 is 0 Å². The molecule has 4 nitrogen and oxygen atoms in total. The summed E-state index contributed by atoms with van der Waals surface area (Å²) in [5, 5.41) is 9.78. The lowest BCUT2D eigenvalue weighted by Crippen LogP contribution is -2.40. The average Bonchev–Trinajstić information content (AvgIpc) is 2.87. The maximum Gasteiger partial charge on any atom is 0.181 e. The summed E-state index contributed by atoms with van der Waals surface area (Å²) in [5.74, 6) is 1.34. The molecule has 0 aliphatic heterocycles.